The van der Waals surface area contributed by atoms with Crippen LogP contribution in [-0.4, -0.2) is 11.5 Å². The predicted octanol–water partition coefficient (Wildman–Crippen LogP) is 4.50. The molecule has 1 N–H and O–H groups in total. The van der Waals surface area contributed by atoms with Crippen molar-refractivity contribution >= 4 is 27.3 Å². The van der Waals surface area contributed by atoms with Crippen LogP contribution in [0.2, 0.25) is 0 Å². The Labute approximate surface area is 127 Å². The highest BCUT2D eigenvalue weighted by atomic mass is 79.9. The van der Waals surface area contributed by atoms with Gasteiger partial charge in [-0.05, 0) is 59.6 Å². The summed E-state index contributed by atoms with van der Waals surface area (Å²) < 4.78 is 1.19. The summed E-state index contributed by atoms with van der Waals surface area (Å²) in [5.41, 5.74) is 2.42. The second-order valence-electron chi connectivity index (χ2n) is 4.62. The van der Waals surface area contributed by atoms with Crippen LogP contribution >= 0.6 is 27.3 Å². The summed E-state index contributed by atoms with van der Waals surface area (Å²) in [7, 11) is 0. The SMILES string of the molecule is CCCNC(Cc1ccc(Br)s1)c1ncccc1C. The Kier molecular flexibility index (Phi) is 5.55. The lowest BCUT2D eigenvalue weighted by Crippen LogP contribution is -2.25. The van der Waals surface area contributed by atoms with Crippen molar-refractivity contribution in [2.45, 2.75) is 32.7 Å². The van der Waals surface area contributed by atoms with Crippen LogP contribution in [0.5, 0.6) is 0 Å². The van der Waals surface area contributed by atoms with Crippen molar-refractivity contribution in [3.8, 4) is 0 Å². The monoisotopic (exact) mass is 338 g/mol. The fourth-order valence-corrected chi connectivity index (χ4v) is 3.64. The summed E-state index contributed by atoms with van der Waals surface area (Å²) in [6.07, 6.45) is 4.01. The highest BCUT2D eigenvalue weighted by Crippen LogP contribution is 2.27. The molecule has 0 aromatic carbocycles. The highest BCUT2D eigenvalue weighted by molar-refractivity contribution is 9.11. The molecular formula is C15H19BrN2S. The van der Waals surface area contributed by atoms with E-state index in [4.69, 9.17) is 0 Å². The molecule has 0 aliphatic carbocycles. The van der Waals surface area contributed by atoms with Crippen LogP contribution in [0.25, 0.3) is 0 Å². The number of hydrogen-bond acceptors (Lipinski definition) is 3. The average molecular weight is 339 g/mol. The minimum Gasteiger partial charge on any atom is -0.308 e. The summed E-state index contributed by atoms with van der Waals surface area (Å²) in [6.45, 7) is 5.34. The number of nitrogens with zero attached hydrogens (tertiary/aromatic N) is 1. The molecule has 2 nitrogen and oxygen atoms in total. The zero-order valence-corrected chi connectivity index (χ0v) is 13.7. The summed E-state index contributed by atoms with van der Waals surface area (Å²) in [4.78, 5) is 5.95. The number of rotatable bonds is 6. The number of thiophene rings is 1. The van der Waals surface area contributed by atoms with Gasteiger partial charge in [0.2, 0.25) is 0 Å². The van der Waals surface area contributed by atoms with Gasteiger partial charge in [-0.15, -0.1) is 11.3 Å². The third-order valence-electron chi connectivity index (χ3n) is 3.05. The van der Waals surface area contributed by atoms with Crippen molar-refractivity contribution < 1.29 is 0 Å². The molecule has 0 fully saturated rings. The van der Waals surface area contributed by atoms with Crippen molar-refractivity contribution in [2.24, 2.45) is 0 Å². The normalized spacial score (nSPS) is 12.6. The molecule has 2 rings (SSSR count). The van der Waals surface area contributed by atoms with Crippen LogP contribution in [-0.2, 0) is 6.42 Å². The molecule has 0 saturated carbocycles. The fraction of sp³-hybridized carbons (Fsp3) is 0.400. The zero-order chi connectivity index (χ0) is 13.7. The Hall–Kier alpha value is -0.710. The van der Waals surface area contributed by atoms with Gasteiger partial charge in [-0.3, -0.25) is 4.98 Å². The van der Waals surface area contributed by atoms with Crippen molar-refractivity contribution in [3.05, 3.63) is 50.4 Å². The fourth-order valence-electron chi connectivity index (χ4n) is 2.11. The van der Waals surface area contributed by atoms with Crippen LogP contribution in [0.1, 0.15) is 35.5 Å². The summed E-state index contributed by atoms with van der Waals surface area (Å²) in [5, 5.41) is 3.61. The van der Waals surface area contributed by atoms with E-state index in [2.05, 4.69) is 58.3 Å². The van der Waals surface area contributed by atoms with E-state index in [0.717, 1.165) is 19.4 Å². The summed E-state index contributed by atoms with van der Waals surface area (Å²) in [5.74, 6) is 0. The van der Waals surface area contributed by atoms with E-state index in [1.165, 1.54) is 19.9 Å². The maximum absolute atomic E-state index is 4.56. The molecular weight excluding hydrogens is 320 g/mol. The predicted molar refractivity (Wildman–Crippen MR) is 85.7 cm³/mol. The van der Waals surface area contributed by atoms with Gasteiger partial charge in [0.25, 0.3) is 0 Å². The maximum atomic E-state index is 4.56. The Morgan fingerprint density at radius 2 is 2.21 bits per heavy atom. The first-order valence-corrected chi connectivity index (χ1v) is 8.20. The number of aryl methyl sites for hydroxylation is 1. The third-order valence-corrected chi connectivity index (χ3v) is 4.70. The molecule has 0 bridgehead atoms. The first-order chi connectivity index (χ1) is 9.20. The van der Waals surface area contributed by atoms with E-state index in [0.29, 0.717) is 6.04 Å². The van der Waals surface area contributed by atoms with Crippen LogP contribution < -0.4 is 5.32 Å². The van der Waals surface area contributed by atoms with Gasteiger partial charge in [0.15, 0.2) is 0 Å². The van der Waals surface area contributed by atoms with Gasteiger partial charge in [0.05, 0.1) is 15.5 Å². The van der Waals surface area contributed by atoms with E-state index in [1.54, 1.807) is 11.3 Å². The van der Waals surface area contributed by atoms with E-state index in [1.807, 2.05) is 12.3 Å². The Morgan fingerprint density at radius 3 is 2.84 bits per heavy atom. The van der Waals surface area contributed by atoms with Crippen LogP contribution in [0.15, 0.2) is 34.2 Å². The molecule has 0 amide bonds. The molecule has 4 heteroatoms. The smallest absolute Gasteiger partial charge is 0.0701 e. The minimum absolute atomic E-state index is 0.298. The molecule has 2 aromatic rings. The molecule has 0 radical (unpaired) electrons. The number of hydrogen-bond donors (Lipinski definition) is 1. The molecule has 1 atom stereocenters. The number of halogens is 1. The quantitative estimate of drug-likeness (QED) is 0.838. The molecule has 2 heterocycles. The van der Waals surface area contributed by atoms with Crippen LogP contribution in [0.3, 0.4) is 0 Å². The largest absolute Gasteiger partial charge is 0.308 e. The minimum atomic E-state index is 0.298. The van der Waals surface area contributed by atoms with Gasteiger partial charge < -0.3 is 5.32 Å². The van der Waals surface area contributed by atoms with Crippen molar-refractivity contribution in [2.75, 3.05) is 6.54 Å². The molecule has 0 saturated heterocycles. The topological polar surface area (TPSA) is 24.9 Å². The van der Waals surface area contributed by atoms with Crippen molar-refractivity contribution in [1.29, 1.82) is 0 Å². The van der Waals surface area contributed by atoms with Crippen molar-refractivity contribution in [1.82, 2.24) is 10.3 Å². The van der Waals surface area contributed by atoms with Crippen LogP contribution in [0.4, 0.5) is 0 Å². The van der Waals surface area contributed by atoms with E-state index < -0.39 is 0 Å². The second-order valence-corrected chi connectivity index (χ2v) is 7.17. The number of pyridine rings is 1. The second kappa shape index (κ2) is 7.17. The Morgan fingerprint density at radius 1 is 1.37 bits per heavy atom. The average Bonchev–Trinajstić information content (AvgIpc) is 2.81. The number of aromatic nitrogens is 1. The van der Waals surface area contributed by atoms with E-state index in [-0.39, 0.29) is 0 Å². The molecule has 0 aliphatic heterocycles. The molecule has 1 unspecified atom stereocenters. The summed E-state index contributed by atoms with van der Waals surface area (Å²) in [6, 6.07) is 8.73. The van der Waals surface area contributed by atoms with Crippen LogP contribution in [0, 0.1) is 6.92 Å². The first-order valence-electron chi connectivity index (χ1n) is 6.59. The first kappa shape index (κ1) is 14.7. The summed E-state index contributed by atoms with van der Waals surface area (Å²) >= 11 is 5.33. The molecule has 102 valence electrons. The van der Waals surface area contributed by atoms with Gasteiger partial charge in [-0.2, -0.15) is 0 Å². The standard InChI is InChI=1S/C15H19BrN2S/c1-3-8-17-13(10-12-6-7-14(16)19-12)15-11(2)5-4-9-18-15/h4-7,9,13,17H,3,8,10H2,1-2H3. The Bertz CT molecular complexity index is 524. The molecule has 0 spiro atoms. The number of nitrogens with one attached hydrogen (secondary N) is 1. The Balaban J connectivity index is 2.18. The van der Waals surface area contributed by atoms with Gasteiger partial charge in [0.1, 0.15) is 0 Å². The maximum Gasteiger partial charge on any atom is 0.0701 e. The lowest BCUT2D eigenvalue weighted by atomic mass is 10.0. The highest BCUT2D eigenvalue weighted by Gasteiger charge is 2.15. The lowest BCUT2D eigenvalue weighted by Gasteiger charge is -2.19. The van der Waals surface area contributed by atoms with E-state index in [9.17, 15) is 0 Å². The zero-order valence-electron chi connectivity index (χ0n) is 11.3. The van der Waals surface area contributed by atoms with Gasteiger partial charge in [0, 0.05) is 17.5 Å². The van der Waals surface area contributed by atoms with Crippen molar-refractivity contribution in [3.63, 3.8) is 0 Å². The van der Waals surface area contributed by atoms with Gasteiger partial charge in [-0.1, -0.05) is 13.0 Å². The van der Waals surface area contributed by atoms with Gasteiger partial charge in [-0.25, -0.2) is 0 Å². The molecule has 0 aliphatic rings. The molecule has 19 heavy (non-hydrogen) atoms. The lowest BCUT2D eigenvalue weighted by molar-refractivity contribution is 0.518. The third kappa shape index (κ3) is 4.13. The molecule has 2 aromatic heterocycles. The van der Waals surface area contributed by atoms with E-state index >= 15 is 0 Å². The van der Waals surface area contributed by atoms with Gasteiger partial charge >= 0.3 is 0 Å².